The zero-order valence-corrected chi connectivity index (χ0v) is 79.6. The van der Waals surface area contributed by atoms with Gasteiger partial charge in [0.1, 0.15) is 33.5 Å². The number of nitrogens with zero attached hydrogens (tertiary/aromatic N) is 6. The summed E-state index contributed by atoms with van der Waals surface area (Å²) in [6.45, 7) is 0. The fourth-order valence-electron chi connectivity index (χ4n) is 24.0. The van der Waals surface area contributed by atoms with Crippen molar-refractivity contribution in [1.29, 1.82) is 0 Å². The number of aromatic nitrogens is 6. The summed E-state index contributed by atoms with van der Waals surface area (Å²) in [5.74, 6) is 0. The van der Waals surface area contributed by atoms with Gasteiger partial charge in [-0.15, -0.1) is 0 Å². The second kappa shape index (κ2) is 33.5. The Morgan fingerprint density at radius 1 is 0.116 bits per heavy atom. The minimum Gasteiger partial charge on any atom is -0.455 e. The minimum absolute atomic E-state index is 0.915. The van der Waals surface area contributed by atoms with Crippen molar-refractivity contribution in [1.82, 2.24) is 27.4 Å². The Hall–Kier alpha value is -19.7. The zero-order chi connectivity index (χ0) is 96.4. The van der Waals surface area contributed by atoms with Gasteiger partial charge in [-0.3, -0.25) is 0 Å². The van der Waals surface area contributed by atoms with Gasteiger partial charge in [-0.05, 0) is 203 Å². The summed E-state index contributed by atoms with van der Waals surface area (Å²) >= 11 is 0. The first-order chi connectivity index (χ1) is 73.0. The van der Waals surface area contributed by atoms with Gasteiger partial charge in [0, 0.05) is 148 Å². The highest BCUT2D eigenvalue weighted by Gasteiger charge is 2.28. The molecule has 0 amide bonds. The Kier molecular flexibility index (Phi) is 18.9. The van der Waals surface area contributed by atoms with E-state index in [4.69, 9.17) is 13.3 Å². The molecular weight excluding hydrogens is 1790 g/mol. The highest BCUT2D eigenvalue weighted by atomic mass is 16.3. The monoisotopic (exact) mass is 1870 g/mol. The Bertz CT molecular complexity index is 10900. The lowest BCUT2D eigenvalue weighted by Crippen LogP contribution is -1.95. The van der Waals surface area contributed by atoms with Gasteiger partial charge in [0.2, 0.25) is 0 Å². The number of furan rings is 3. The topological polar surface area (TPSA) is 69.0 Å². The van der Waals surface area contributed by atoms with Crippen LogP contribution in [0.15, 0.2) is 535 Å². The highest BCUT2D eigenvalue weighted by molar-refractivity contribution is 6.32. The van der Waals surface area contributed by atoms with Crippen LogP contribution in [0.5, 0.6) is 0 Å². The fraction of sp³-hybridized carbons (Fsp3) is 0. The molecule has 686 valence electrons. The third-order valence-corrected chi connectivity index (χ3v) is 30.4. The average molecular weight is 1880 g/mol. The summed E-state index contributed by atoms with van der Waals surface area (Å²) in [5.41, 5.74) is 38.4. The van der Waals surface area contributed by atoms with Crippen LogP contribution in [-0.2, 0) is 0 Å². The fourth-order valence-corrected chi connectivity index (χ4v) is 24.0. The predicted octanol–water partition coefficient (Wildman–Crippen LogP) is 37.7. The lowest BCUT2D eigenvalue weighted by molar-refractivity contribution is 0.669. The molecule has 0 aliphatic heterocycles. The van der Waals surface area contributed by atoms with E-state index in [0.717, 1.165) is 128 Å². The first-order valence-corrected chi connectivity index (χ1v) is 50.2. The molecule has 9 heteroatoms. The third-order valence-electron chi connectivity index (χ3n) is 30.4. The number of para-hydroxylation sites is 13. The number of fused-ring (bicyclic) bond motifs is 30. The van der Waals surface area contributed by atoms with Crippen molar-refractivity contribution in [2.45, 2.75) is 0 Å². The lowest BCUT2D eigenvalue weighted by atomic mass is 10.0. The van der Waals surface area contributed by atoms with E-state index < -0.39 is 0 Å². The van der Waals surface area contributed by atoms with Crippen LogP contribution in [0.3, 0.4) is 0 Å². The van der Waals surface area contributed by atoms with Gasteiger partial charge in [0.15, 0.2) is 0 Å². The molecule has 147 heavy (non-hydrogen) atoms. The molecule has 9 aromatic heterocycles. The molecule has 0 bridgehead atoms. The van der Waals surface area contributed by atoms with E-state index >= 15 is 0 Å². The summed E-state index contributed by atoms with van der Waals surface area (Å²) in [4.78, 5) is 0. The quantitative estimate of drug-likeness (QED) is 0.130. The molecule has 32 aromatic rings. The van der Waals surface area contributed by atoms with E-state index in [1.54, 1.807) is 0 Å². The third kappa shape index (κ3) is 13.1. The van der Waals surface area contributed by atoms with Crippen LogP contribution in [0.2, 0.25) is 0 Å². The van der Waals surface area contributed by atoms with Crippen LogP contribution in [0.4, 0.5) is 0 Å². The SMILES string of the molecule is c1ccc(-c2ccc(-n3c4ccccc4c4c5c6ccccc6n(-c6ccc(-c7cccc8c7oc7ccccc78)cc6)c5ccc43)cc2)cc1.c1ccc(-c2cccc(-n3c4ccccc4c4c5c6ccccc6n(-c6ccc(-c7cccc8c7oc7ccccc78)cc6)c5ccc43)c2)cc1.c1ccc(-n2c3ccccc3c3c4c5ccccc5n(-c5ccc(-c6cccc7c6oc6ccccc67)cc5)c4ccc32)cc1. The summed E-state index contributed by atoms with van der Waals surface area (Å²) in [6, 6.07) is 187. The summed E-state index contributed by atoms with van der Waals surface area (Å²) in [5, 5.41) is 22.1. The molecule has 0 atom stereocenters. The van der Waals surface area contributed by atoms with E-state index in [1.165, 1.54) is 159 Å². The van der Waals surface area contributed by atoms with Crippen LogP contribution in [-0.4, -0.2) is 27.4 Å². The van der Waals surface area contributed by atoms with Crippen molar-refractivity contribution >= 4 is 197 Å². The first kappa shape index (κ1) is 83.1. The van der Waals surface area contributed by atoms with E-state index in [0.29, 0.717) is 0 Å². The molecule has 9 heterocycles. The summed E-state index contributed by atoms with van der Waals surface area (Å²) < 4.78 is 33.6. The molecular formula is C138H86N6O3. The molecule has 9 nitrogen and oxygen atoms in total. The van der Waals surface area contributed by atoms with Crippen molar-refractivity contribution in [2.75, 3.05) is 0 Å². The van der Waals surface area contributed by atoms with Crippen molar-refractivity contribution < 1.29 is 13.3 Å². The van der Waals surface area contributed by atoms with Crippen molar-refractivity contribution in [3.63, 3.8) is 0 Å². The molecule has 0 fully saturated rings. The zero-order valence-electron chi connectivity index (χ0n) is 79.6. The Morgan fingerprint density at radius 3 is 0.605 bits per heavy atom. The summed E-state index contributed by atoms with van der Waals surface area (Å²) in [6.07, 6.45) is 0. The Labute approximate surface area is 842 Å². The maximum Gasteiger partial charge on any atom is 0.143 e. The summed E-state index contributed by atoms with van der Waals surface area (Å²) in [7, 11) is 0. The largest absolute Gasteiger partial charge is 0.455 e. The number of hydrogen-bond acceptors (Lipinski definition) is 3. The molecule has 32 rings (SSSR count). The minimum atomic E-state index is 0.915. The standard InChI is InChI=1S/2C48H30N2O.C42H26N2O/c1-2-12-31(13-3-1)33-14-10-15-35(30-33)50-42-22-8-5-18-40(42)47-44(50)29-28-43-46(47)39-17-4-7-21-41(39)49(43)34-26-24-32(25-27-34)36-19-11-20-38-37-16-6-9-23-45(37)51-48(36)38;1-2-11-31(12-3-1)32-21-25-34(26-22-32)49-41-18-7-4-14-39(41)46-43(49)29-30-44-47(46)40-15-5-8-19-42(40)50(44)35-27-23-33(24-28-35)36-16-10-17-38-37-13-6-9-20-45(37)51-48(36)38;1-2-11-28(12-3-1)43-35-18-7-4-14-33(35)40-37(43)25-26-38-41(40)34-15-5-8-19-36(34)44(38)29-23-21-27(22-24-29)30-16-10-17-32-31-13-6-9-20-39(31)45-42(30)32/h2*1-30H;1-26H. The van der Waals surface area contributed by atoms with Crippen molar-refractivity contribution in [2.24, 2.45) is 0 Å². The molecule has 0 aliphatic carbocycles. The Morgan fingerprint density at radius 2 is 0.313 bits per heavy atom. The van der Waals surface area contributed by atoms with E-state index in [2.05, 4.69) is 513 Å². The molecule has 0 spiro atoms. The molecule has 0 unspecified atom stereocenters. The number of rotatable bonds is 11. The van der Waals surface area contributed by atoms with Crippen LogP contribution in [0.1, 0.15) is 0 Å². The van der Waals surface area contributed by atoms with Gasteiger partial charge < -0.3 is 40.7 Å². The maximum atomic E-state index is 6.39. The predicted molar refractivity (Wildman–Crippen MR) is 614 cm³/mol. The van der Waals surface area contributed by atoms with Gasteiger partial charge >= 0.3 is 0 Å². The maximum absolute atomic E-state index is 6.39. The van der Waals surface area contributed by atoms with Crippen LogP contribution in [0.25, 0.3) is 286 Å². The lowest BCUT2D eigenvalue weighted by Gasteiger charge is -2.11. The molecule has 0 aliphatic rings. The molecule has 0 saturated heterocycles. The van der Waals surface area contributed by atoms with Crippen LogP contribution >= 0.6 is 0 Å². The molecule has 0 radical (unpaired) electrons. The molecule has 0 saturated carbocycles. The number of hydrogen-bond donors (Lipinski definition) is 0. The van der Waals surface area contributed by atoms with E-state index in [-0.39, 0.29) is 0 Å². The first-order valence-electron chi connectivity index (χ1n) is 50.2. The van der Waals surface area contributed by atoms with Crippen molar-refractivity contribution in [3.8, 4) is 89.8 Å². The van der Waals surface area contributed by atoms with Gasteiger partial charge in [-0.25, -0.2) is 0 Å². The smallest absolute Gasteiger partial charge is 0.143 e. The molecule has 23 aromatic carbocycles. The van der Waals surface area contributed by atoms with Crippen molar-refractivity contribution in [3.05, 3.63) is 522 Å². The molecule has 0 N–H and O–H groups in total. The second-order valence-electron chi connectivity index (χ2n) is 38.3. The Balaban J connectivity index is 0.000000102. The van der Waals surface area contributed by atoms with Crippen LogP contribution < -0.4 is 0 Å². The van der Waals surface area contributed by atoms with Gasteiger partial charge in [0.05, 0.1) is 66.2 Å². The van der Waals surface area contributed by atoms with E-state index in [1.807, 2.05) is 36.4 Å². The number of benzene rings is 23. The van der Waals surface area contributed by atoms with E-state index in [9.17, 15) is 0 Å². The normalized spacial score (nSPS) is 11.9. The van der Waals surface area contributed by atoms with Gasteiger partial charge in [-0.1, -0.05) is 358 Å². The average Bonchev–Trinajstić information content (AvgIpc) is 1.55. The van der Waals surface area contributed by atoms with Gasteiger partial charge in [0.25, 0.3) is 0 Å². The highest BCUT2D eigenvalue weighted by Crippen LogP contribution is 2.50. The van der Waals surface area contributed by atoms with Crippen LogP contribution in [0, 0.1) is 0 Å². The van der Waals surface area contributed by atoms with Gasteiger partial charge in [-0.2, -0.15) is 0 Å². The second-order valence-corrected chi connectivity index (χ2v) is 38.3.